The lowest BCUT2D eigenvalue weighted by Gasteiger charge is -2.03. The van der Waals surface area contributed by atoms with Crippen LogP contribution >= 0.6 is 0 Å². The van der Waals surface area contributed by atoms with E-state index in [0.717, 1.165) is 5.56 Å². The summed E-state index contributed by atoms with van der Waals surface area (Å²) in [5.41, 5.74) is 0.858. The summed E-state index contributed by atoms with van der Waals surface area (Å²) in [6, 6.07) is 10.9. The maximum Gasteiger partial charge on any atom is 0.132 e. The highest BCUT2D eigenvalue weighted by Gasteiger charge is 2.09. The van der Waals surface area contributed by atoms with Crippen LogP contribution in [0.5, 0.6) is 0 Å². The standard InChI is InChI=1S/C12H11NOS/c1-10-6-2-3-7-11(10)15(14)12-8-4-5-9-13-12/h2-9H,1H3/i7D. The van der Waals surface area contributed by atoms with Gasteiger partial charge >= 0.3 is 0 Å². The average Bonchev–Trinajstić information content (AvgIpc) is 2.30. The number of aromatic nitrogens is 1. The van der Waals surface area contributed by atoms with Crippen molar-refractivity contribution in [3.8, 4) is 0 Å². The lowest BCUT2D eigenvalue weighted by molar-refractivity contribution is 0.680. The zero-order chi connectivity index (χ0) is 11.5. The molecule has 0 aliphatic heterocycles. The first kappa shape index (κ1) is 8.80. The molecule has 2 rings (SSSR count). The molecule has 0 bridgehead atoms. The summed E-state index contributed by atoms with van der Waals surface area (Å²) in [6.45, 7) is 1.86. The molecule has 0 spiro atoms. The van der Waals surface area contributed by atoms with Crippen molar-refractivity contribution in [2.45, 2.75) is 16.8 Å². The smallest absolute Gasteiger partial charge is 0.132 e. The zero-order valence-electron chi connectivity index (χ0n) is 9.31. The predicted molar refractivity (Wildman–Crippen MR) is 60.1 cm³/mol. The van der Waals surface area contributed by atoms with E-state index in [0.29, 0.717) is 16.0 Å². The van der Waals surface area contributed by atoms with Gasteiger partial charge in [0.15, 0.2) is 0 Å². The Balaban J connectivity index is 2.50. The molecule has 1 atom stereocenters. The molecule has 76 valence electrons. The lowest BCUT2D eigenvalue weighted by Crippen LogP contribution is -1.97. The van der Waals surface area contributed by atoms with Crippen molar-refractivity contribution >= 4 is 10.8 Å². The van der Waals surface area contributed by atoms with Crippen LogP contribution < -0.4 is 0 Å². The van der Waals surface area contributed by atoms with Crippen LogP contribution in [0.4, 0.5) is 0 Å². The number of pyridine rings is 1. The van der Waals surface area contributed by atoms with E-state index in [4.69, 9.17) is 1.37 Å². The van der Waals surface area contributed by atoms with Crippen LogP contribution in [0.3, 0.4) is 0 Å². The van der Waals surface area contributed by atoms with Crippen molar-refractivity contribution in [1.29, 1.82) is 0 Å². The van der Waals surface area contributed by atoms with Crippen molar-refractivity contribution in [2.24, 2.45) is 0 Å². The largest absolute Gasteiger partial charge is 0.247 e. The van der Waals surface area contributed by atoms with E-state index in [1.165, 1.54) is 0 Å². The Labute approximate surface area is 92.9 Å². The summed E-state index contributed by atoms with van der Waals surface area (Å²) < 4.78 is 20.0. The maximum absolute atomic E-state index is 12.2. The van der Waals surface area contributed by atoms with Gasteiger partial charge in [0.25, 0.3) is 0 Å². The summed E-state index contributed by atoms with van der Waals surface area (Å²) >= 11 is 0. The van der Waals surface area contributed by atoms with Crippen LogP contribution in [0.25, 0.3) is 0 Å². The minimum Gasteiger partial charge on any atom is -0.247 e. The number of rotatable bonds is 2. The Morgan fingerprint density at radius 3 is 2.73 bits per heavy atom. The maximum atomic E-state index is 12.2. The first-order valence-corrected chi connectivity index (χ1v) is 5.74. The molecule has 3 heteroatoms. The molecule has 0 fully saturated rings. The van der Waals surface area contributed by atoms with E-state index in [2.05, 4.69) is 4.98 Å². The second-order valence-corrected chi connectivity index (χ2v) is 4.48. The SMILES string of the molecule is [2H]c1cccc(C)c1S(=O)c1ccccn1. The van der Waals surface area contributed by atoms with Crippen LogP contribution in [-0.4, -0.2) is 9.19 Å². The fraction of sp³-hybridized carbons (Fsp3) is 0.0833. The summed E-state index contributed by atoms with van der Waals surface area (Å²) in [6.07, 6.45) is 1.61. The van der Waals surface area contributed by atoms with Gasteiger partial charge in [-0.3, -0.25) is 0 Å². The quantitative estimate of drug-likeness (QED) is 0.775. The molecule has 0 amide bonds. The molecular weight excluding hydrogens is 206 g/mol. The third-order valence-corrected chi connectivity index (χ3v) is 3.46. The van der Waals surface area contributed by atoms with Gasteiger partial charge in [0, 0.05) is 11.1 Å². The third-order valence-electron chi connectivity index (χ3n) is 2.03. The Kier molecular flexibility index (Phi) is 2.56. The van der Waals surface area contributed by atoms with E-state index in [1.54, 1.807) is 36.5 Å². The number of nitrogens with zero attached hydrogens (tertiary/aromatic N) is 1. The highest BCUT2D eigenvalue weighted by Crippen LogP contribution is 2.17. The van der Waals surface area contributed by atoms with Gasteiger partial charge in [0.05, 0.1) is 1.37 Å². The first-order chi connectivity index (χ1) is 7.70. The molecule has 0 aliphatic carbocycles. The first-order valence-electron chi connectivity index (χ1n) is 5.09. The van der Waals surface area contributed by atoms with Crippen molar-refractivity contribution < 1.29 is 5.58 Å². The summed E-state index contributed by atoms with van der Waals surface area (Å²) in [5.74, 6) is 0. The fourth-order valence-corrected chi connectivity index (χ4v) is 2.37. The molecular formula is C12H11NOS. The summed E-state index contributed by atoms with van der Waals surface area (Å²) in [4.78, 5) is 4.60. The van der Waals surface area contributed by atoms with E-state index in [9.17, 15) is 4.21 Å². The minimum atomic E-state index is -1.37. The number of hydrogen-bond acceptors (Lipinski definition) is 2. The second kappa shape index (κ2) is 4.36. The Morgan fingerprint density at radius 1 is 1.27 bits per heavy atom. The molecule has 2 aromatic rings. The Hall–Kier alpha value is -1.48. The molecule has 0 N–H and O–H groups in total. The van der Waals surface area contributed by atoms with Gasteiger partial charge in [-0.25, -0.2) is 9.19 Å². The lowest BCUT2D eigenvalue weighted by atomic mass is 10.2. The van der Waals surface area contributed by atoms with Crippen LogP contribution in [0, 0.1) is 6.92 Å². The highest BCUT2D eigenvalue weighted by atomic mass is 32.2. The number of aryl methyl sites for hydroxylation is 1. The second-order valence-electron chi connectivity index (χ2n) is 3.12. The zero-order valence-corrected chi connectivity index (χ0v) is 9.12. The van der Waals surface area contributed by atoms with Gasteiger partial charge in [-0.05, 0) is 30.7 Å². The van der Waals surface area contributed by atoms with Crippen LogP contribution in [0.15, 0.2) is 58.6 Å². The van der Waals surface area contributed by atoms with Gasteiger partial charge in [-0.15, -0.1) is 0 Å². The molecule has 0 saturated carbocycles. The molecule has 1 aromatic carbocycles. The summed E-state index contributed by atoms with van der Waals surface area (Å²) in [7, 11) is -1.37. The molecule has 0 aliphatic rings. The van der Waals surface area contributed by atoms with E-state index >= 15 is 0 Å². The molecule has 1 heterocycles. The molecule has 2 nitrogen and oxygen atoms in total. The normalized spacial score (nSPS) is 13.3. The molecule has 0 radical (unpaired) electrons. The van der Waals surface area contributed by atoms with Crippen LogP contribution in [0.1, 0.15) is 6.93 Å². The third kappa shape index (κ3) is 2.13. The fourth-order valence-electron chi connectivity index (χ4n) is 1.27. The number of benzene rings is 1. The van der Waals surface area contributed by atoms with Crippen molar-refractivity contribution in [3.05, 3.63) is 54.2 Å². The number of hydrogen-bond donors (Lipinski definition) is 0. The van der Waals surface area contributed by atoms with Gasteiger partial charge < -0.3 is 0 Å². The molecule has 1 aromatic heterocycles. The monoisotopic (exact) mass is 218 g/mol. The minimum absolute atomic E-state index is 0.295. The van der Waals surface area contributed by atoms with Crippen LogP contribution in [-0.2, 0) is 10.8 Å². The molecule has 1 unspecified atom stereocenters. The van der Waals surface area contributed by atoms with E-state index in [-0.39, 0.29) is 0 Å². The summed E-state index contributed by atoms with van der Waals surface area (Å²) in [5, 5.41) is 0.491. The average molecular weight is 218 g/mol. The van der Waals surface area contributed by atoms with Crippen molar-refractivity contribution in [1.82, 2.24) is 4.98 Å². The molecule has 15 heavy (non-hydrogen) atoms. The van der Waals surface area contributed by atoms with Crippen molar-refractivity contribution in [2.75, 3.05) is 0 Å². The van der Waals surface area contributed by atoms with E-state index < -0.39 is 10.8 Å². The van der Waals surface area contributed by atoms with E-state index in [1.807, 2.05) is 13.0 Å². The Morgan fingerprint density at radius 2 is 2.07 bits per heavy atom. The van der Waals surface area contributed by atoms with Gasteiger partial charge in [0.1, 0.15) is 15.8 Å². The topological polar surface area (TPSA) is 30.0 Å². The highest BCUT2D eigenvalue weighted by molar-refractivity contribution is 7.85. The van der Waals surface area contributed by atoms with Crippen LogP contribution in [0.2, 0.25) is 0 Å². The van der Waals surface area contributed by atoms with Gasteiger partial charge in [-0.2, -0.15) is 0 Å². The van der Waals surface area contributed by atoms with Gasteiger partial charge in [0.2, 0.25) is 0 Å². The molecule has 0 saturated heterocycles. The van der Waals surface area contributed by atoms with Crippen molar-refractivity contribution in [3.63, 3.8) is 0 Å². The predicted octanol–water partition coefficient (Wildman–Crippen LogP) is 2.56. The Bertz CT molecular complexity index is 508. The van der Waals surface area contributed by atoms with Gasteiger partial charge in [-0.1, -0.05) is 24.3 Å².